The van der Waals surface area contributed by atoms with E-state index in [0.717, 1.165) is 9.80 Å². The summed E-state index contributed by atoms with van der Waals surface area (Å²) in [4.78, 5) is 24.4. The van der Waals surface area contributed by atoms with E-state index in [1.54, 1.807) is 0 Å². The van der Waals surface area contributed by atoms with E-state index in [4.69, 9.17) is 10.9 Å². The van der Waals surface area contributed by atoms with Gasteiger partial charge < -0.3 is 15.8 Å². The minimum atomic E-state index is -0.985. The Morgan fingerprint density at radius 2 is 2.00 bits per heavy atom. The van der Waals surface area contributed by atoms with Crippen LogP contribution in [-0.2, 0) is 4.79 Å². The van der Waals surface area contributed by atoms with Gasteiger partial charge in [-0.15, -0.1) is 0 Å². The van der Waals surface area contributed by atoms with E-state index in [2.05, 4.69) is 5.16 Å². The van der Waals surface area contributed by atoms with Gasteiger partial charge in [-0.1, -0.05) is 5.16 Å². The van der Waals surface area contributed by atoms with Gasteiger partial charge >= 0.3 is 6.03 Å². The average molecular weight is 186 g/mol. The van der Waals surface area contributed by atoms with Crippen molar-refractivity contribution in [2.24, 2.45) is 10.9 Å². The van der Waals surface area contributed by atoms with Gasteiger partial charge in [0.05, 0.1) is 0 Å². The number of imide groups is 1. The highest BCUT2D eigenvalue weighted by molar-refractivity contribution is 6.44. The molecule has 1 atom stereocenters. The maximum Gasteiger partial charge on any atom is 0.328 e. The topological polar surface area (TPSA) is 99.2 Å². The Bertz CT molecular complexity index is 288. The summed E-state index contributed by atoms with van der Waals surface area (Å²) in [5.41, 5.74) is 5.20. The Hall–Kier alpha value is -1.63. The van der Waals surface area contributed by atoms with Crippen molar-refractivity contribution in [2.45, 2.75) is 6.17 Å². The van der Waals surface area contributed by atoms with E-state index in [1.807, 2.05) is 0 Å². The van der Waals surface area contributed by atoms with Crippen molar-refractivity contribution < 1.29 is 14.8 Å². The molecule has 3 N–H and O–H groups in total. The molecule has 0 spiro atoms. The van der Waals surface area contributed by atoms with Gasteiger partial charge in [0.1, 0.15) is 6.17 Å². The highest BCUT2D eigenvalue weighted by Gasteiger charge is 2.38. The third-order valence-corrected chi connectivity index (χ3v) is 1.92. The molecule has 0 radical (unpaired) electrons. The van der Waals surface area contributed by atoms with Gasteiger partial charge in [0.25, 0.3) is 5.91 Å². The predicted octanol–water partition coefficient (Wildman–Crippen LogP) is -1.37. The number of nitrogens with two attached hydrogens (primary N) is 1. The Kier molecular flexibility index (Phi) is 2.20. The van der Waals surface area contributed by atoms with Crippen molar-refractivity contribution in [3.63, 3.8) is 0 Å². The largest absolute Gasteiger partial charge is 0.410 e. The van der Waals surface area contributed by atoms with E-state index < -0.39 is 18.1 Å². The van der Waals surface area contributed by atoms with Crippen LogP contribution >= 0.6 is 0 Å². The van der Waals surface area contributed by atoms with Gasteiger partial charge in [-0.25, -0.2) is 4.79 Å². The average Bonchev–Trinajstić information content (AvgIpc) is 2.13. The van der Waals surface area contributed by atoms with Crippen LogP contribution in [0.15, 0.2) is 5.16 Å². The van der Waals surface area contributed by atoms with Crippen LogP contribution in [0.3, 0.4) is 0 Å². The Morgan fingerprint density at radius 1 is 1.46 bits per heavy atom. The molecule has 1 fully saturated rings. The molecule has 0 aliphatic carbocycles. The third-order valence-electron chi connectivity index (χ3n) is 1.92. The van der Waals surface area contributed by atoms with Gasteiger partial charge in [0.2, 0.25) is 0 Å². The van der Waals surface area contributed by atoms with Crippen molar-refractivity contribution in [1.82, 2.24) is 9.80 Å². The smallest absolute Gasteiger partial charge is 0.328 e. The lowest BCUT2D eigenvalue weighted by atomic mass is 10.2. The van der Waals surface area contributed by atoms with Crippen LogP contribution in [-0.4, -0.2) is 52.9 Å². The summed E-state index contributed by atoms with van der Waals surface area (Å²) >= 11 is 0. The molecule has 72 valence electrons. The highest BCUT2D eigenvalue weighted by Crippen LogP contribution is 2.08. The van der Waals surface area contributed by atoms with E-state index in [-0.39, 0.29) is 5.71 Å². The lowest BCUT2D eigenvalue weighted by Crippen LogP contribution is -2.63. The Balaban J connectivity index is 3.06. The molecule has 1 rings (SSSR count). The summed E-state index contributed by atoms with van der Waals surface area (Å²) in [6.45, 7) is 0. The zero-order valence-corrected chi connectivity index (χ0v) is 7.26. The molecule has 1 heterocycles. The van der Waals surface area contributed by atoms with Crippen LogP contribution in [0.1, 0.15) is 0 Å². The molecule has 1 aliphatic heterocycles. The molecule has 3 amide bonds. The standard InChI is InChI=1S/C6H10N4O3/c1-9-4(7)3(8-13)5(11)10(2)6(9)12/h4,13H,7H2,1-2H3. The fraction of sp³-hybridized carbons (Fsp3) is 0.500. The first-order valence-electron chi connectivity index (χ1n) is 3.53. The number of oxime groups is 1. The number of rotatable bonds is 0. The minimum absolute atomic E-state index is 0.246. The number of urea groups is 1. The molecule has 0 aromatic heterocycles. The SMILES string of the molecule is CN1C(=O)C(=NO)C(N)N(C)C1=O. The number of nitrogens with zero attached hydrogens (tertiary/aromatic N) is 3. The highest BCUT2D eigenvalue weighted by atomic mass is 16.4. The summed E-state index contributed by atoms with van der Waals surface area (Å²) in [5, 5.41) is 11.2. The zero-order chi connectivity index (χ0) is 10.2. The van der Waals surface area contributed by atoms with Gasteiger partial charge in [-0.3, -0.25) is 9.69 Å². The van der Waals surface area contributed by atoms with E-state index in [0.29, 0.717) is 0 Å². The van der Waals surface area contributed by atoms with Gasteiger partial charge in [-0.05, 0) is 0 Å². The van der Waals surface area contributed by atoms with Crippen molar-refractivity contribution in [2.75, 3.05) is 14.1 Å². The fourth-order valence-corrected chi connectivity index (χ4v) is 1.03. The van der Waals surface area contributed by atoms with E-state index in [9.17, 15) is 9.59 Å². The molecule has 0 bridgehead atoms. The zero-order valence-electron chi connectivity index (χ0n) is 7.26. The normalized spacial score (nSPS) is 27.3. The van der Waals surface area contributed by atoms with Crippen LogP contribution in [0.2, 0.25) is 0 Å². The van der Waals surface area contributed by atoms with Crippen molar-refractivity contribution in [3.8, 4) is 0 Å². The molecule has 1 unspecified atom stereocenters. The molecule has 7 heteroatoms. The number of amides is 3. The van der Waals surface area contributed by atoms with Crippen molar-refractivity contribution >= 4 is 17.6 Å². The first-order chi connectivity index (χ1) is 6.00. The summed E-state index contributed by atoms with van der Waals surface area (Å²) in [6, 6.07) is -0.523. The van der Waals surface area contributed by atoms with Crippen LogP contribution < -0.4 is 5.73 Å². The second-order valence-corrected chi connectivity index (χ2v) is 2.69. The van der Waals surface area contributed by atoms with E-state index in [1.165, 1.54) is 14.1 Å². The van der Waals surface area contributed by atoms with Gasteiger partial charge in [0.15, 0.2) is 5.71 Å². The number of carbonyl (C=O) groups excluding carboxylic acids is 2. The lowest BCUT2D eigenvalue weighted by Gasteiger charge is -2.33. The monoisotopic (exact) mass is 186 g/mol. The Morgan fingerprint density at radius 3 is 2.46 bits per heavy atom. The van der Waals surface area contributed by atoms with E-state index >= 15 is 0 Å². The summed E-state index contributed by atoms with van der Waals surface area (Å²) in [5.74, 6) is -0.682. The molecule has 1 saturated heterocycles. The molecular weight excluding hydrogens is 176 g/mol. The quantitative estimate of drug-likeness (QED) is 0.360. The Labute approximate surface area is 74.4 Å². The third kappa shape index (κ3) is 1.22. The molecule has 1 aliphatic rings. The van der Waals surface area contributed by atoms with Crippen molar-refractivity contribution in [3.05, 3.63) is 0 Å². The fourth-order valence-electron chi connectivity index (χ4n) is 1.03. The molecule has 0 aromatic rings. The van der Waals surface area contributed by atoms with Crippen LogP contribution in [0, 0.1) is 0 Å². The number of carbonyl (C=O) groups is 2. The van der Waals surface area contributed by atoms with Crippen LogP contribution in [0.4, 0.5) is 4.79 Å². The summed E-state index contributed by atoms with van der Waals surface area (Å²) in [7, 11) is 2.71. The molecule has 7 nitrogen and oxygen atoms in total. The number of hydrogen-bond donors (Lipinski definition) is 2. The van der Waals surface area contributed by atoms with Gasteiger partial charge in [0, 0.05) is 14.1 Å². The second kappa shape index (κ2) is 3.02. The summed E-state index contributed by atoms with van der Waals surface area (Å²) in [6.07, 6.45) is -0.985. The van der Waals surface area contributed by atoms with Crippen molar-refractivity contribution in [1.29, 1.82) is 0 Å². The molecule has 0 aromatic carbocycles. The first-order valence-corrected chi connectivity index (χ1v) is 3.53. The minimum Gasteiger partial charge on any atom is -0.410 e. The maximum absolute atomic E-state index is 11.2. The maximum atomic E-state index is 11.2. The number of hydrogen-bond acceptors (Lipinski definition) is 5. The van der Waals surface area contributed by atoms with Crippen LogP contribution in [0.5, 0.6) is 0 Å². The molecule has 0 saturated carbocycles. The molecular formula is C6H10N4O3. The predicted molar refractivity (Wildman–Crippen MR) is 43.1 cm³/mol. The first kappa shape index (κ1) is 9.46. The van der Waals surface area contributed by atoms with Gasteiger partial charge in [-0.2, -0.15) is 0 Å². The lowest BCUT2D eigenvalue weighted by molar-refractivity contribution is -0.122. The summed E-state index contributed by atoms with van der Waals surface area (Å²) < 4.78 is 0. The van der Waals surface area contributed by atoms with Crippen LogP contribution in [0.25, 0.3) is 0 Å². The molecule has 13 heavy (non-hydrogen) atoms. The second-order valence-electron chi connectivity index (χ2n) is 2.69.